The number of aliphatic hydroxyl groups excluding tert-OH is 2. The van der Waals surface area contributed by atoms with Gasteiger partial charge in [-0.05, 0) is 26.8 Å². The fourth-order valence-corrected chi connectivity index (χ4v) is 1.72. The van der Waals surface area contributed by atoms with Gasteiger partial charge in [-0.2, -0.15) is 4.98 Å². The monoisotopic (exact) mass is 321 g/mol. The van der Waals surface area contributed by atoms with Crippen molar-refractivity contribution in [1.82, 2.24) is 9.55 Å². The van der Waals surface area contributed by atoms with Gasteiger partial charge in [0.1, 0.15) is 11.9 Å². The van der Waals surface area contributed by atoms with Crippen molar-refractivity contribution >= 4 is 5.82 Å². The van der Waals surface area contributed by atoms with E-state index in [1.54, 1.807) is 0 Å². The van der Waals surface area contributed by atoms with Gasteiger partial charge in [-0.25, -0.2) is 13.6 Å². The molecule has 0 aliphatic rings. The lowest BCUT2D eigenvalue weighted by atomic mass is 10.2. The van der Waals surface area contributed by atoms with Crippen molar-refractivity contribution in [3.8, 4) is 0 Å². The molecule has 0 aromatic carbocycles. The molecule has 0 bridgehead atoms. The van der Waals surface area contributed by atoms with Gasteiger partial charge in [0.15, 0.2) is 6.23 Å². The summed E-state index contributed by atoms with van der Waals surface area (Å²) in [6.45, 7) is 4.32. The normalized spacial score (nSPS) is 15.9. The quantitative estimate of drug-likeness (QED) is 0.648. The average molecular weight is 321 g/mol. The molecule has 1 aromatic heterocycles. The Morgan fingerprint density at radius 2 is 2.05 bits per heavy atom. The molecule has 3 atom stereocenters. The smallest absolute Gasteiger partial charge is 0.351 e. The van der Waals surface area contributed by atoms with Crippen molar-refractivity contribution in [1.29, 1.82) is 0 Å². The molecule has 7 nitrogen and oxygen atoms in total. The third-order valence-corrected chi connectivity index (χ3v) is 2.79. The molecule has 0 aliphatic carbocycles. The topological polar surface area (TPSA) is 96.6 Å². The number of hydrogen-bond acceptors (Lipinski definition) is 6. The molecule has 2 unspecified atom stereocenters. The van der Waals surface area contributed by atoms with Crippen molar-refractivity contribution in [2.45, 2.75) is 51.7 Å². The summed E-state index contributed by atoms with van der Waals surface area (Å²) in [6, 6.07) is 1.40. The maximum absolute atomic E-state index is 13.1. The summed E-state index contributed by atoms with van der Waals surface area (Å²) in [5.74, 6) is 0.263. The van der Waals surface area contributed by atoms with E-state index in [4.69, 9.17) is 9.84 Å². The molecule has 0 saturated carbocycles. The molecule has 22 heavy (non-hydrogen) atoms. The Bertz CT molecular complexity index is 522. The lowest BCUT2D eigenvalue weighted by Gasteiger charge is -2.26. The molecule has 3 N–H and O–H groups in total. The van der Waals surface area contributed by atoms with Gasteiger partial charge in [0, 0.05) is 12.2 Å². The van der Waals surface area contributed by atoms with E-state index >= 15 is 0 Å². The molecule has 0 spiro atoms. The minimum Gasteiger partial charge on any atom is -0.394 e. The summed E-state index contributed by atoms with van der Waals surface area (Å²) in [7, 11) is 0. The zero-order chi connectivity index (χ0) is 16.9. The first-order chi connectivity index (χ1) is 10.3. The molecule has 9 heteroatoms. The van der Waals surface area contributed by atoms with Crippen LogP contribution in [0.4, 0.5) is 14.6 Å². The summed E-state index contributed by atoms with van der Waals surface area (Å²) < 4.78 is 31.9. The number of hydrogen-bond donors (Lipinski definition) is 3. The van der Waals surface area contributed by atoms with E-state index in [9.17, 15) is 18.7 Å². The van der Waals surface area contributed by atoms with Gasteiger partial charge in [-0.3, -0.25) is 4.57 Å². The number of anilines is 1. The van der Waals surface area contributed by atoms with Crippen LogP contribution in [0.2, 0.25) is 0 Å². The van der Waals surface area contributed by atoms with Gasteiger partial charge in [0.05, 0.1) is 12.7 Å². The zero-order valence-corrected chi connectivity index (χ0v) is 12.6. The summed E-state index contributed by atoms with van der Waals surface area (Å²) in [6.07, 6.45) is -6.25. The summed E-state index contributed by atoms with van der Waals surface area (Å²) in [5.41, 5.74) is -0.918. The van der Waals surface area contributed by atoms with Gasteiger partial charge in [0.2, 0.25) is 0 Å². The molecule has 0 saturated heterocycles. The standard InChI is InChI=1S/C13H21F2N3O4/c1-7(2)16-10-4-5-18(13(21)17-10)12(11(14)15)22-9(6-19)8(3)20/h4-5,7-9,11-12,19-20H,6H2,1-3H3,(H,16,17,21)/t8-,9?,12?/m1/s1. The molecular weight excluding hydrogens is 300 g/mol. The van der Waals surface area contributed by atoms with E-state index in [0.29, 0.717) is 4.57 Å². The van der Waals surface area contributed by atoms with Crippen LogP contribution in [0.25, 0.3) is 0 Å². The third-order valence-electron chi connectivity index (χ3n) is 2.79. The Hall–Kier alpha value is -1.58. The first-order valence-corrected chi connectivity index (χ1v) is 6.84. The summed E-state index contributed by atoms with van der Waals surface area (Å²) in [5, 5.41) is 21.3. The van der Waals surface area contributed by atoms with Gasteiger partial charge in [-0.15, -0.1) is 0 Å². The third kappa shape index (κ3) is 5.00. The van der Waals surface area contributed by atoms with E-state index < -0.39 is 37.2 Å². The van der Waals surface area contributed by atoms with E-state index in [1.165, 1.54) is 13.0 Å². The van der Waals surface area contributed by atoms with E-state index in [1.807, 2.05) is 13.8 Å². The number of ether oxygens (including phenoxy) is 1. The van der Waals surface area contributed by atoms with Gasteiger partial charge >= 0.3 is 5.69 Å². The van der Waals surface area contributed by atoms with Crippen molar-refractivity contribution in [2.75, 3.05) is 11.9 Å². The van der Waals surface area contributed by atoms with E-state index in [-0.39, 0.29) is 11.9 Å². The predicted molar refractivity (Wildman–Crippen MR) is 75.9 cm³/mol. The number of nitrogens with zero attached hydrogens (tertiary/aromatic N) is 2. The van der Waals surface area contributed by atoms with Crippen molar-refractivity contribution in [3.05, 3.63) is 22.7 Å². The molecule has 0 aliphatic heterocycles. The molecule has 0 radical (unpaired) electrons. The van der Waals surface area contributed by atoms with Crippen LogP contribution in [0.3, 0.4) is 0 Å². The first-order valence-electron chi connectivity index (χ1n) is 6.84. The Balaban J connectivity index is 3.04. The maximum Gasteiger partial charge on any atom is 0.351 e. The number of aromatic nitrogens is 2. The van der Waals surface area contributed by atoms with Gasteiger partial charge < -0.3 is 20.3 Å². The van der Waals surface area contributed by atoms with Gasteiger partial charge in [-0.1, -0.05) is 0 Å². The maximum atomic E-state index is 13.1. The number of alkyl halides is 2. The second-order valence-electron chi connectivity index (χ2n) is 5.12. The Morgan fingerprint density at radius 1 is 1.41 bits per heavy atom. The van der Waals surface area contributed by atoms with Crippen molar-refractivity contribution < 1.29 is 23.7 Å². The molecule has 0 fully saturated rings. The average Bonchev–Trinajstić information content (AvgIpc) is 2.39. The number of halogens is 2. The van der Waals surface area contributed by atoms with Crippen molar-refractivity contribution in [2.24, 2.45) is 0 Å². The largest absolute Gasteiger partial charge is 0.394 e. The van der Waals surface area contributed by atoms with E-state index in [2.05, 4.69) is 10.3 Å². The molecule has 126 valence electrons. The second-order valence-corrected chi connectivity index (χ2v) is 5.12. The van der Waals surface area contributed by atoms with Crippen LogP contribution in [-0.2, 0) is 4.74 Å². The Kier molecular flexibility index (Phi) is 6.85. The fraction of sp³-hybridized carbons (Fsp3) is 0.692. The number of aliphatic hydroxyl groups is 2. The van der Waals surface area contributed by atoms with E-state index in [0.717, 1.165) is 6.20 Å². The minimum atomic E-state index is -3.03. The first kappa shape index (κ1) is 18.5. The highest BCUT2D eigenvalue weighted by Crippen LogP contribution is 2.20. The van der Waals surface area contributed by atoms with Crippen LogP contribution in [0.1, 0.15) is 27.0 Å². The zero-order valence-electron chi connectivity index (χ0n) is 12.6. The Labute approximate surface area is 126 Å². The Morgan fingerprint density at radius 3 is 2.45 bits per heavy atom. The molecular formula is C13H21F2N3O4. The van der Waals surface area contributed by atoms with Crippen LogP contribution in [0, 0.1) is 0 Å². The second kappa shape index (κ2) is 8.16. The lowest BCUT2D eigenvalue weighted by Crippen LogP contribution is -2.39. The summed E-state index contributed by atoms with van der Waals surface area (Å²) in [4.78, 5) is 15.5. The number of nitrogens with one attached hydrogen (secondary N) is 1. The molecule has 1 heterocycles. The molecule has 1 aromatic rings. The highest BCUT2D eigenvalue weighted by atomic mass is 19.3. The minimum absolute atomic E-state index is 0.0268. The van der Waals surface area contributed by atoms with Crippen LogP contribution in [0.15, 0.2) is 17.1 Å². The van der Waals surface area contributed by atoms with Crippen LogP contribution in [-0.4, -0.2) is 51.0 Å². The predicted octanol–water partition coefficient (Wildman–Crippen LogP) is 0.586. The fourth-order valence-electron chi connectivity index (χ4n) is 1.72. The molecule has 1 rings (SSSR count). The van der Waals surface area contributed by atoms with Crippen LogP contribution in [0.5, 0.6) is 0 Å². The van der Waals surface area contributed by atoms with Crippen LogP contribution < -0.4 is 11.0 Å². The van der Waals surface area contributed by atoms with Crippen LogP contribution >= 0.6 is 0 Å². The van der Waals surface area contributed by atoms with Crippen molar-refractivity contribution in [3.63, 3.8) is 0 Å². The lowest BCUT2D eigenvalue weighted by molar-refractivity contribution is -0.168. The summed E-state index contributed by atoms with van der Waals surface area (Å²) >= 11 is 0. The highest BCUT2D eigenvalue weighted by Gasteiger charge is 2.29. The van der Waals surface area contributed by atoms with Gasteiger partial charge in [0.25, 0.3) is 6.43 Å². The number of rotatable bonds is 8. The SMILES string of the molecule is CC(C)Nc1ccn(C(OC(CO)[C@@H](C)O)C(F)F)c(=O)n1. The highest BCUT2D eigenvalue weighted by molar-refractivity contribution is 5.32. The molecule has 0 amide bonds.